The number of carbonyl (C=O) groups is 1. The van der Waals surface area contributed by atoms with Crippen molar-refractivity contribution in [3.8, 4) is 22.5 Å². The van der Waals surface area contributed by atoms with Crippen LogP contribution >= 0.6 is 0 Å². The Kier molecular flexibility index (Phi) is 6.99. The van der Waals surface area contributed by atoms with E-state index in [2.05, 4.69) is 27.1 Å². The van der Waals surface area contributed by atoms with Crippen molar-refractivity contribution in [2.75, 3.05) is 46.3 Å². The van der Waals surface area contributed by atoms with Gasteiger partial charge in [-0.2, -0.15) is 0 Å². The molecule has 1 amide bonds. The first-order chi connectivity index (χ1) is 16.3. The Morgan fingerprint density at radius 3 is 2.44 bits per heavy atom. The zero-order chi connectivity index (χ0) is 24.2. The fourth-order valence-electron chi connectivity index (χ4n) is 4.05. The average molecular weight is 469 g/mol. The van der Waals surface area contributed by atoms with Crippen LogP contribution in [0.5, 0.6) is 0 Å². The van der Waals surface area contributed by atoms with Crippen LogP contribution in [0.1, 0.15) is 10.4 Å². The van der Waals surface area contributed by atoms with Gasteiger partial charge in [-0.25, -0.2) is 8.78 Å². The van der Waals surface area contributed by atoms with Crippen LogP contribution in [0.15, 0.2) is 48.5 Å². The minimum absolute atomic E-state index is 0.160. The van der Waals surface area contributed by atoms with Gasteiger partial charge >= 0.3 is 0 Å². The van der Waals surface area contributed by atoms with Crippen LogP contribution < -0.4 is 5.32 Å². The first kappa shape index (κ1) is 23.5. The lowest BCUT2D eigenvalue weighted by Gasteiger charge is -2.32. The van der Waals surface area contributed by atoms with Gasteiger partial charge in [-0.15, -0.1) is 0 Å². The van der Waals surface area contributed by atoms with Gasteiger partial charge in [-0.1, -0.05) is 12.1 Å². The molecule has 1 aliphatic rings. The molecular formula is C24H25F2N5O3. The van der Waals surface area contributed by atoms with Crippen molar-refractivity contribution in [3.05, 3.63) is 75.8 Å². The first-order valence-corrected chi connectivity index (χ1v) is 10.9. The van der Waals surface area contributed by atoms with Crippen molar-refractivity contribution in [2.24, 2.45) is 0 Å². The number of halogens is 2. The largest absolute Gasteiger partial charge is 0.354 e. The number of nitro groups is 1. The maximum absolute atomic E-state index is 13.8. The van der Waals surface area contributed by atoms with Crippen molar-refractivity contribution in [1.29, 1.82) is 0 Å². The minimum atomic E-state index is -0.769. The second kappa shape index (κ2) is 10.1. The molecule has 0 atom stereocenters. The molecule has 1 aromatic heterocycles. The molecule has 2 N–H and O–H groups in total. The van der Waals surface area contributed by atoms with E-state index in [0.29, 0.717) is 13.1 Å². The van der Waals surface area contributed by atoms with Gasteiger partial charge in [0.1, 0.15) is 11.6 Å². The smallest absolute Gasteiger partial charge is 0.278 e. The van der Waals surface area contributed by atoms with Gasteiger partial charge < -0.3 is 15.2 Å². The zero-order valence-electron chi connectivity index (χ0n) is 18.7. The lowest BCUT2D eigenvalue weighted by Crippen LogP contribution is -2.46. The maximum atomic E-state index is 13.8. The summed E-state index contributed by atoms with van der Waals surface area (Å²) in [6.07, 6.45) is 0. The summed E-state index contributed by atoms with van der Waals surface area (Å²) in [6, 6.07) is 10.5. The summed E-state index contributed by atoms with van der Waals surface area (Å²) in [5.74, 6) is -1.97. The highest BCUT2D eigenvalue weighted by atomic mass is 19.1. The van der Waals surface area contributed by atoms with Crippen molar-refractivity contribution in [1.82, 2.24) is 20.1 Å². The lowest BCUT2D eigenvalue weighted by molar-refractivity contribution is -0.384. The average Bonchev–Trinajstić information content (AvgIpc) is 3.25. The van der Waals surface area contributed by atoms with Crippen LogP contribution in [-0.4, -0.2) is 71.9 Å². The number of nitrogens with one attached hydrogen (secondary N) is 2. The summed E-state index contributed by atoms with van der Waals surface area (Å²) in [6.45, 7) is 4.81. The van der Waals surface area contributed by atoms with E-state index in [0.717, 1.165) is 44.4 Å². The number of likely N-dealkylation sites (N-methyl/N-ethyl adjacent to an activating group) is 1. The van der Waals surface area contributed by atoms with E-state index in [9.17, 15) is 23.7 Å². The molecule has 8 nitrogen and oxygen atoms in total. The molecule has 1 aliphatic heterocycles. The molecular weight excluding hydrogens is 444 g/mol. The number of rotatable bonds is 7. The lowest BCUT2D eigenvalue weighted by atomic mass is 10.1. The molecule has 1 fully saturated rings. The van der Waals surface area contributed by atoms with E-state index >= 15 is 0 Å². The van der Waals surface area contributed by atoms with Crippen LogP contribution in [0, 0.1) is 21.7 Å². The number of piperazine rings is 1. The van der Waals surface area contributed by atoms with E-state index < -0.39 is 22.5 Å². The molecule has 0 radical (unpaired) electrons. The van der Waals surface area contributed by atoms with Crippen LogP contribution in [0.3, 0.4) is 0 Å². The highest BCUT2D eigenvalue weighted by Gasteiger charge is 2.24. The number of benzene rings is 2. The summed E-state index contributed by atoms with van der Waals surface area (Å²) in [5.41, 5.74) is 0.855. The molecule has 10 heteroatoms. The molecule has 0 spiro atoms. The number of hydrogen-bond acceptors (Lipinski definition) is 5. The van der Waals surface area contributed by atoms with Crippen LogP contribution in [0.25, 0.3) is 22.5 Å². The van der Waals surface area contributed by atoms with Crippen LogP contribution in [-0.2, 0) is 0 Å². The molecule has 4 rings (SSSR count). The molecule has 0 saturated carbocycles. The predicted octanol–water partition coefficient (Wildman–Crippen LogP) is 3.51. The normalized spacial score (nSPS) is 14.8. The summed E-state index contributed by atoms with van der Waals surface area (Å²) < 4.78 is 27.6. The molecule has 0 aliphatic carbocycles. The van der Waals surface area contributed by atoms with E-state index in [1.54, 1.807) is 6.07 Å². The topological polar surface area (TPSA) is 94.5 Å². The number of aromatic amines is 1. The Morgan fingerprint density at radius 2 is 1.76 bits per heavy atom. The van der Waals surface area contributed by atoms with Crippen LogP contribution in [0.4, 0.5) is 14.5 Å². The fraction of sp³-hybridized carbons (Fsp3) is 0.292. The van der Waals surface area contributed by atoms with Gasteiger partial charge in [0.05, 0.1) is 21.7 Å². The second-order valence-electron chi connectivity index (χ2n) is 8.30. The summed E-state index contributed by atoms with van der Waals surface area (Å²) in [7, 11) is 2.07. The number of para-hydroxylation sites is 1. The van der Waals surface area contributed by atoms with Gasteiger partial charge in [-0.05, 0) is 31.3 Å². The van der Waals surface area contributed by atoms with Gasteiger partial charge in [0.2, 0.25) is 0 Å². The Balaban J connectivity index is 1.64. The van der Waals surface area contributed by atoms with E-state index in [4.69, 9.17) is 0 Å². The van der Waals surface area contributed by atoms with E-state index in [1.165, 1.54) is 24.3 Å². The highest BCUT2D eigenvalue weighted by molar-refractivity contribution is 6.02. The molecule has 1 saturated heterocycles. The standard InChI is InChI=1S/C24H25F2N5O3/c1-29-8-10-30(11-9-29)7-6-27-24(32)20-15-21(16-12-17(25)14-18(26)13-16)28-23(20)19-4-2-3-5-22(19)31(33)34/h2-5,12-15,28H,6-11H2,1H3,(H,27,32). The fourth-order valence-corrected chi connectivity index (χ4v) is 4.05. The predicted molar refractivity (Wildman–Crippen MR) is 125 cm³/mol. The third kappa shape index (κ3) is 5.29. The number of aromatic nitrogens is 1. The van der Waals surface area contributed by atoms with Crippen molar-refractivity contribution in [2.45, 2.75) is 0 Å². The van der Waals surface area contributed by atoms with Crippen molar-refractivity contribution < 1.29 is 18.5 Å². The number of carbonyl (C=O) groups excluding carboxylic acids is 1. The van der Waals surface area contributed by atoms with Gasteiger partial charge in [0, 0.05) is 62.7 Å². The third-order valence-electron chi connectivity index (χ3n) is 5.92. The summed E-state index contributed by atoms with van der Waals surface area (Å²) >= 11 is 0. The zero-order valence-corrected chi connectivity index (χ0v) is 18.7. The van der Waals surface area contributed by atoms with Gasteiger partial charge in [0.25, 0.3) is 11.6 Å². The van der Waals surface area contributed by atoms with Crippen molar-refractivity contribution in [3.63, 3.8) is 0 Å². The highest BCUT2D eigenvalue weighted by Crippen LogP contribution is 2.34. The maximum Gasteiger partial charge on any atom is 0.278 e. The molecule has 0 bridgehead atoms. The Labute approximate surface area is 195 Å². The Bertz CT molecular complexity index is 1180. The quantitative estimate of drug-likeness (QED) is 0.408. The molecule has 2 heterocycles. The second-order valence-corrected chi connectivity index (χ2v) is 8.30. The third-order valence-corrected chi connectivity index (χ3v) is 5.92. The molecule has 2 aromatic carbocycles. The SMILES string of the molecule is CN1CCN(CCNC(=O)c2cc(-c3cc(F)cc(F)c3)[nH]c2-c2ccccc2[N+](=O)[O-])CC1. The number of hydrogen-bond donors (Lipinski definition) is 2. The Morgan fingerprint density at radius 1 is 1.09 bits per heavy atom. The van der Waals surface area contributed by atoms with Gasteiger partial charge in [0.15, 0.2) is 0 Å². The number of amides is 1. The minimum Gasteiger partial charge on any atom is -0.354 e. The monoisotopic (exact) mass is 469 g/mol. The van der Waals surface area contributed by atoms with E-state index in [1.807, 2.05) is 0 Å². The van der Waals surface area contributed by atoms with Gasteiger partial charge in [-0.3, -0.25) is 19.8 Å². The van der Waals surface area contributed by atoms with Crippen molar-refractivity contribution >= 4 is 11.6 Å². The molecule has 34 heavy (non-hydrogen) atoms. The molecule has 178 valence electrons. The molecule has 0 unspecified atom stereocenters. The van der Waals surface area contributed by atoms with Crippen LogP contribution in [0.2, 0.25) is 0 Å². The first-order valence-electron chi connectivity index (χ1n) is 10.9. The molecule has 3 aromatic rings. The van der Waals surface area contributed by atoms with E-state index in [-0.39, 0.29) is 33.8 Å². The summed E-state index contributed by atoms with van der Waals surface area (Å²) in [5, 5.41) is 14.5. The number of H-pyrrole nitrogens is 1. The number of nitro benzene ring substituents is 1. The number of nitrogens with zero attached hydrogens (tertiary/aromatic N) is 3. The Hall–Kier alpha value is -3.63. The summed E-state index contributed by atoms with van der Waals surface area (Å²) in [4.78, 5) is 31.6.